The second-order valence-electron chi connectivity index (χ2n) is 3.88. The van der Waals surface area contributed by atoms with Crippen molar-refractivity contribution in [3.63, 3.8) is 0 Å². The minimum absolute atomic E-state index is 0.0643. The Morgan fingerprint density at radius 1 is 1.39 bits per heavy atom. The maximum Gasteiger partial charge on any atom is 0.416 e. The Hall–Kier alpha value is -1.92. The molecule has 0 aliphatic carbocycles. The number of nitrogens with two attached hydrogens (primary N) is 1. The van der Waals surface area contributed by atoms with E-state index in [1.54, 1.807) is 6.92 Å². The standard InChI is InChI=1S/C11H14F3N3O/c1-7(10(15)17-18)6-16-9-4-2-8(3-5-9)11(12,13)14/h2-5,7,16,18H,6H2,1H3,(H2,15,17). The van der Waals surface area contributed by atoms with Gasteiger partial charge < -0.3 is 16.3 Å². The largest absolute Gasteiger partial charge is 0.416 e. The van der Waals surface area contributed by atoms with E-state index in [-0.39, 0.29) is 11.8 Å². The van der Waals surface area contributed by atoms with Gasteiger partial charge in [0.2, 0.25) is 0 Å². The number of nitrogens with zero attached hydrogens (tertiary/aromatic N) is 1. The molecular formula is C11H14F3N3O. The van der Waals surface area contributed by atoms with Gasteiger partial charge >= 0.3 is 6.18 Å². The maximum absolute atomic E-state index is 12.3. The first-order chi connectivity index (χ1) is 8.34. The van der Waals surface area contributed by atoms with Gasteiger partial charge in [0.05, 0.1) is 5.56 Å². The molecule has 4 nitrogen and oxygen atoms in total. The molecule has 1 atom stereocenters. The van der Waals surface area contributed by atoms with Gasteiger partial charge in [-0.25, -0.2) is 0 Å². The SMILES string of the molecule is CC(CNc1ccc(C(F)(F)F)cc1)C(N)=NO. The lowest BCUT2D eigenvalue weighted by atomic mass is 10.1. The van der Waals surface area contributed by atoms with Crippen LogP contribution in [0, 0.1) is 5.92 Å². The van der Waals surface area contributed by atoms with Crippen molar-refractivity contribution in [2.45, 2.75) is 13.1 Å². The fraction of sp³-hybridized carbons (Fsp3) is 0.364. The van der Waals surface area contributed by atoms with E-state index >= 15 is 0 Å². The molecule has 0 bridgehead atoms. The van der Waals surface area contributed by atoms with Crippen molar-refractivity contribution in [3.05, 3.63) is 29.8 Å². The van der Waals surface area contributed by atoms with Crippen molar-refractivity contribution in [2.24, 2.45) is 16.8 Å². The van der Waals surface area contributed by atoms with Crippen LogP contribution < -0.4 is 11.1 Å². The van der Waals surface area contributed by atoms with Crippen LogP contribution in [-0.4, -0.2) is 17.6 Å². The average Bonchev–Trinajstić information content (AvgIpc) is 2.34. The van der Waals surface area contributed by atoms with Gasteiger partial charge in [-0.1, -0.05) is 12.1 Å². The number of benzene rings is 1. The molecule has 0 aromatic heterocycles. The zero-order valence-electron chi connectivity index (χ0n) is 9.70. The van der Waals surface area contributed by atoms with Gasteiger partial charge in [-0.15, -0.1) is 0 Å². The third kappa shape index (κ3) is 3.83. The minimum atomic E-state index is -4.33. The molecule has 4 N–H and O–H groups in total. The summed E-state index contributed by atoms with van der Waals surface area (Å²) in [5.41, 5.74) is 5.22. The number of hydrogen-bond acceptors (Lipinski definition) is 3. The van der Waals surface area contributed by atoms with Crippen LogP contribution in [0.3, 0.4) is 0 Å². The van der Waals surface area contributed by atoms with E-state index in [0.29, 0.717) is 12.2 Å². The Morgan fingerprint density at radius 2 is 1.94 bits per heavy atom. The second-order valence-corrected chi connectivity index (χ2v) is 3.88. The van der Waals surface area contributed by atoms with Crippen LogP contribution >= 0.6 is 0 Å². The van der Waals surface area contributed by atoms with Gasteiger partial charge in [0.15, 0.2) is 0 Å². The van der Waals surface area contributed by atoms with Gasteiger partial charge in [0.25, 0.3) is 0 Å². The zero-order chi connectivity index (χ0) is 13.8. The van der Waals surface area contributed by atoms with Crippen LogP contribution in [0.25, 0.3) is 0 Å². The van der Waals surface area contributed by atoms with E-state index in [9.17, 15) is 13.2 Å². The van der Waals surface area contributed by atoms with E-state index < -0.39 is 11.7 Å². The lowest BCUT2D eigenvalue weighted by Crippen LogP contribution is -2.27. The third-order valence-corrected chi connectivity index (χ3v) is 2.44. The third-order valence-electron chi connectivity index (χ3n) is 2.44. The first-order valence-corrected chi connectivity index (χ1v) is 5.23. The molecule has 18 heavy (non-hydrogen) atoms. The Kier molecular flexibility index (Phi) is 4.41. The molecule has 1 aromatic carbocycles. The van der Waals surface area contributed by atoms with Crippen LogP contribution in [0.1, 0.15) is 12.5 Å². The van der Waals surface area contributed by atoms with Crippen molar-refractivity contribution < 1.29 is 18.4 Å². The fourth-order valence-electron chi connectivity index (χ4n) is 1.25. The van der Waals surface area contributed by atoms with Crippen molar-refractivity contribution >= 4 is 11.5 Å². The number of rotatable bonds is 4. The number of alkyl halides is 3. The predicted molar refractivity (Wildman–Crippen MR) is 62.5 cm³/mol. The molecule has 0 saturated heterocycles. The lowest BCUT2D eigenvalue weighted by molar-refractivity contribution is -0.137. The summed E-state index contributed by atoms with van der Waals surface area (Å²) in [7, 11) is 0. The summed E-state index contributed by atoms with van der Waals surface area (Å²) in [6.07, 6.45) is -4.33. The molecule has 1 unspecified atom stereocenters. The summed E-state index contributed by atoms with van der Waals surface area (Å²) in [5, 5.41) is 14.2. The number of amidine groups is 1. The normalized spacial score (nSPS) is 14.3. The number of hydrogen-bond donors (Lipinski definition) is 3. The van der Waals surface area contributed by atoms with Gasteiger partial charge in [-0.2, -0.15) is 13.2 Å². The monoisotopic (exact) mass is 261 g/mol. The van der Waals surface area contributed by atoms with Gasteiger partial charge in [-0.05, 0) is 24.3 Å². The molecule has 1 rings (SSSR count). The number of anilines is 1. The van der Waals surface area contributed by atoms with Gasteiger partial charge in [-0.3, -0.25) is 0 Å². The highest BCUT2D eigenvalue weighted by Crippen LogP contribution is 2.29. The molecule has 100 valence electrons. The summed E-state index contributed by atoms with van der Waals surface area (Å²) >= 11 is 0. The molecule has 0 fully saturated rings. The van der Waals surface area contributed by atoms with Crippen molar-refractivity contribution in [1.29, 1.82) is 0 Å². The highest BCUT2D eigenvalue weighted by molar-refractivity contribution is 5.82. The van der Waals surface area contributed by atoms with Crippen molar-refractivity contribution in [3.8, 4) is 0 Å². The molecule has 0 aliphatic rings. The van der Waals surface area contributed by atoms with E-state index in [1.165, 1.54) is 12.1 Å². The predicted octanol–water partition coefficient (Wildman–Crippen LogP) is 2.50. The number of oxime groups is 1. The van der Waals surface area contributed by atoms with Crippen LogP contribution in [0.2, 0.25) is 0 Å². The fourth-order valence-corrected chi connectivity index (χ4v) is 1.25. The second kappa shape index (κ2) is 5.61. The molecule has 0 saturated carbocycles. The number of nitrogens with one attached hydrogen (secondary N) is 1. The first kappa shape index (κ1) is 14.1. The smallest absolute Gasteiger partial charge is 0.409 e. The average molecular weight is 261 g/mol. The van der Waals surface area contributed by atoms with Crippen molar-refractivity contribution in [2.75, 3.05) is 11.9 Å². The van der Waals surface area contributed by atoms with Crippen LogP contribution in [0.5, 0.6) is 0 Å². The Bertz CT molecular complexity index is 415. The molecule has 7 heteroatoms. The van der Waals surface area contributed by atoms with Gasteiger partial charge in [0.1, 0.15) is 5.84 Å². The summed E-state index contributed by atoms with van der Waals surface area (Å²) in [5.74, 6) is -0.160. The van der Waals surface area contributed by atoms with E-state index in [4.69, 9.17) is 10.9 Å². The molecule has 1 aromatic rings. The van der Waals surface area contributed by atoms with E-state index in [2.05, 4.69) is 10.5 Å². The highest BCUT2D eigenvalue weighted by Gasteiger charge is 2.29. The summed E-state index contributed by atoms with van der Waals surface area (Å²) in [6.45, 7) is 2.09. The van der Waals surface area contributed by atoms with Crippen LogP contribution in [0.4, 0.5) is 18.9 Å². The lowest BCUT2D eigenvalue weighted by Gasteiger charge is -2.13. The maximum atomic E-state index is 12.3. The molecular weight excluding hydrogens is 247 g/mol. The highest BCUT2D eigenvalue weighted by atomic mass is 19.4. The quantitative estimate of drug-likeness (QED) is 0.337. The van der Waals surface area contributed by atoms with Crippen LogP contribution in [0.15, 0.2) is 29.4 Å². The topological polar surface area (TPSA) is 70.6 Å². The van der Waals surface area contributed by atoms with Gasteiger partial charge in [0, 0.05) is 18.2 Å². The molecule has 0 aliphatic heterocycles. The van der Waals surface area contributed by atoms with E-state index in [1.807, 2.05) is 0 Å². The Labute approximate surface area is 102 Å². The molecule has 0 spiro atoms. The first-order valence-electron chi connectivity index (χ1n) is 5.23. The molecule has 0 amide bonds. The molecule has 0 radical (unpaired) electrons. The Balaban J connectivity index is 2.60. The molecule has 0 heterocycles. The number of halogens is 3. The van der Waals surface area contributed by atoms with Crippen LogP contribution in [-0.2, 0) is 6.18 Å². The minimum Gasteiger partial charge on any atom is -0.409 e. The van der Waals surface area contributed by atoms with Crippen molar-refractivity contribution in [1.82, 2.24) is 0 Å². The summed E-state index contributed by atoms with van der Waals surface area (Å²) in [4.78, 5) is 0. The summed E-state index contributed by atoms with van der Waals surface area (Å²) < 4.78 is 36.9. The zero-order valence-corrected chi connectivity index (χ0v) is 9.70. The Morgan fingerprint density at radius 3 is 2.39 bits per heavy atom. The summed E-state index contributed by atoms with van der Waals surface area (Å²) in [6, 6.07) is 4.66. The van der Waals surface area contributed by atoms with E-state index in [0.717, 1.165) is 12.1 Å².